The number of thioether (sulfide) groups is 2. The van der Waals surface area contributed by atoms with E-state index in [9.17, 15) is 9.59 Å². The molecule has 4 rings (SSSR count). The van der Waals surface area contributed by atoms with E-state index in [1.54, 1.807) is 4.90 Å². The Balaban J connectivity index is 1.47. The summed E-state index contributed by atoms with van der Waals surface area (Å²) in [6.45, 7) is 4.54. The number of para-hydroxylation sites is 1. The van der Waals surface area contributed by atoms with Gasteiger partial charge in [0.15, 0.2) is 10.4 Å². The molecule has 1 N–H and O–H groups in total. The number of ether oxygens (including phenoxy) is 1. The summed E-state index contributed by atoms with van der Waals surface area (Å²) < 4.78 is 6.04. The molecule has 33 heavy (non-hydrogen) atoms. The van der Waals surface area contributed by atoms with E-state index in [4.69, 9.17) is 17.0 Å². The first-order chi connectivity index (χ1) is 16.0. The first-order valence-corrected chi connectivity index (χ1v) is 12.7. The van der Waals surface area contributed by atoms with E-state index in [1.165, 1.54) is 11.8 Å². The molecular formula is C23H22N4O3S3. The van der Waals surface area contributed by atoms with Gasteiger partial charge in [-0.25, -0.2) is 4.99 Å². The van der Waals surface area contributed by atoms with Crippen LogP contribution in [0.1, 0.15) is 19.4 Å². The maximum atomic E-state index is 12.7. The number of nitrogens with zero attached hydrogens (tertiary/aromatic N) is 3. The Hall–Kier alpha value is -2.69. The van der Waals surface area contributed by atoms with E-state index in [0.29, 0.717) is 16.8 Å². The number of carbonyl (C=O) groups excluding carboxylic acids is 2. The van der Waals surface area contributed by atoms with E-state index < -0.39 is 5.25 Å². The minimum atomic E-state index is -0.571. The number of benzene rings is 2. The molecule has 1 saturated heterocycles. The molecule has 2 aliphatic rings. The molecule has 170 valence electrons. The van der Waals surface area contributed by atoms with E-state index in [0.717, 1.165) is 40.9 Å². The summed E-state index contributed by atoms with van der Waals surface area (Å²) in [6.07, 6.45) is 0.818. The van der Waals surface area contributed by atoms with Gasteiger partial charge >= 0.3 is 0 Å². The number of anilines is 2. The van der Waals surface area contributed by atoms with Gasteiger partial charge in [-0.05, 0) is 49.2 Å². The van der Waals surface area contributed by atoms with Crippen molar-refractivity contribution in [1.29, 1.82) is 0 Å². The molecule has 1 fully saturated rings. The van der Waals surface area contributed by atoms with Crippen LogP contribution in [0.4, 0.5) is 11.4 Å². The molecule has 0 saturated carbocycles. The van der Waals surface area contributed by atoms with Crippen molar-refractivity contribution in [2.75, 3.05) is 22.6 Å². The molecule has 2 aromatic rings. The van der Waals surface area contributed by atoms with Gasteiger partial charge in [-0.1, -0.05) is 60.9 Å². The summed E-state index contributed by atoms with van der Waals surface area (Å²) in [6, 6.07) is 15.1. The lowest BCUT2D eigenvalue weighted by Gasteiger charge is -2.21. The number of hydrogen-bond donors (Lipinski definition) is 1. The fourth-order valence-electron chi connectivity index (χ4n) is 3.39. The Kier molecular flexibility index (Phi) is 7.46. The van der Waals surface area contributed by atoms with E-state index in [1.807, 2.05) is 62.4 Å². The normalized spacial score (nSPS) is 17.4. The fourth-order valence-corrected chi connectivity index (χ4v) is 5.45. The molecule has 0 aromatic heterocycles. The molecule has 2 heterocycles. The third kappa shape index (κ3) is 5.29. The highest BCUT2D eigenvalue weighted by Crippen LogP contribution is 2.36. The third-order valence-corrected chi connectivity index (χ3v) is 7.27. The summed E-state index contributed by atoms with van der Waals surface area (Å²) in [5, 5.41) is 2.61. The highest BCUT2D eigenvalue weighted by atomic mass is 32.2. The Morgan fingerprint density at radius 3 is 2.67 bits per heavy atom. The first-order valence-electron chi connectivity index (χ1n) is 10.5. The molecule has 0 spiro atoms. The van der Waals surface area contributed by atoms with Gasteiger partial charge < -0.3 is 10.1 Å². The summed E-state index contributed by atoms with van der Waals surface area (Å²) in [5.74, 6) is 0.865. The molecule has 7 nitrogen and oxygen atoms in total. The van der Waals surface area contributed by atoms with Gasteiger partial charge in [0, 0.05) is 11.4 Å². The van der Waals surface area contributed by atoms with Crippen molar-refractivity contribution < 1.29 is 14.3 Å². The van der Waals surface area contributed by atoms with Crippen molar-refractivity contribution in [2.24, 2.45) is 9.98 Å². The monoisotopic (exact) mass is 498 g/mol. The van der Waals surface area contributed by atoms with Crippen LogP contribution in [0.5, 0.6) is 5.75 Å². The Morgan fingerprint density at radius 1 is 1.18 bits per heavy atom. The number of hydrogen-bond acceptors (Lipinski definition) is 7. The molecule has 2 aromatic carbocycles. The quantitative estimate of drug-likeness (QED) is 0.562. The number of aryl methyl sites for hydroxylation is 1. The average Bonchev–Trinajstić information content (AvgIpc) is 3.15. The van der Waals surface area contributed by atoms with E-state index in [2.05, 4.69) is 15.3 Å². The number of thiocarbonyl (C=S) groups is 1. The second-order valence-corrected chi connectivity index (χ2v) is 9.76. The van der Waals surface area contributed by atoms with Crippen LogP contribution >= 0.6 is 35.7 Å². The van der Waals surface area contributed by atoms with Crippen molar-refractivity contribution in [3.8, 4) is 5.75 Å². The Morgan fingerprint density at radius 2 is 1.94 bits per heavy atom. The molecule has 0 aliphatic carbocycles. The lowest BCUT2D eigenvalue weighted by Crippen LogP contribution is -2.37. The van der Waals surface area contributed by atoms with Crippen LogP contribution in [-0.2, 0) is 16.0 Å². The van der Waals surface area contributed by atoms with Crippen LogP contribution in [-0.4, -0.2) is 44.7 Å². The molecule has 1 unspecified atom stereocenters. The molecule has 10 heteroatoms. The van der Waals surface area contributed by atoms with Gasteiger partial charge in [0.05, 0.1) is 12.4 Å². The molecule has 2 amide bonds. The number of amidine groups is 2. The van der Waals surface area contributed by atoms with E-state index >= 15 is 0 Å². The van der Waals surface area contributed by atoms with Crippen LogP contribution in [0, 0.1) is 0 Å². The second-order valence-electron chi connectivity index (χ2n) is 7.08. The summed E-state index contributed by atoms with van der Waals surface area (Å²) in [7, 11) is 0. The number of fused-ring (bicyclic) bond motifs is 1. The molecule has 0 radical (unpaired) electrons. The molecule has 1 atom stereocenters. The third-order valence-electron chi connectivity index (χ3n) is 4.92. The van der Waals surface area contributed by atoms with Gasteiger partial charge in [0.1, 0.15) is 15.9 Å². The maximum Gasteiger partial charge on any atom is 0.269 e. The zero-order chi connectivity index (χ0) is 23.4. The second kappa shape index (κ2) is 10.5. The number of amides is 2. The maximum absolute atomic E-state index is 12.7. The van der Waals surface area contributed by atoms with Crippen LogP contribution in [0.15, 0.2) is 58.5 Å². The molecule has 2 aliphatic heterocycles. The van der Waals surface area contributed by atoms with Crippen LogP contribution in [0.3, 0.4) is 0 Å². The minimum Gasteiger partial charge on any atom is -0.494 e. The zero-order valence-electron chi connectivity index (χ0n) is 18.1. The zero-order valence-corrected chi connectivity index (χ0v) is 20.6. The van der Waals surface area contributed by atoms with Gasteiger partial charge in [0.25, 0.3) is 5.91 Å². The lowest BCUT2D eigenvalue weighted by atomic mass is 10.1. The minimum absolute atomic E-state index is 0.0895. The van der Waals surface area contributed by atoms with Crippen molar-refractivity contribution in [1.82, 2.24) is 0 Å². The summed E-state index contributed by atoms with van der Waals surface area (Å²) in [4.78, 5) is 35.6. The van der Waals surface area contributed by atoms with E-state index in [-0.39, 0.29) is 22.7 Å². The molecule has 0 bridgehead atoms. The largest absolute Gasteiger partial charge is 0.494 e. The predicted molar refractivity (Wildman–Crippen MR) is 141 cm³/mol. The highest BCUT2D eigenvalue weighted by Gasteiger charge is 2.43. The Bertz CT molecular complexity index is 1150. The van der Waals surface area contributed by atoms with Crippen LogP contribution in [0.25, 0.3) is 0 Å². The average molecular weight is 499 g/mol. The van der Waals surface area contributed by atoms with Crippen molar-refractivity contribution in [2.45, 2.75) is 25.5 Å². The van der Waals surface area contributed by atoms with Gasteiger partial charge in [-0.3, -0.25) is 14.5 Å². The summed E-state index contributed by atoms with van der Waals surface area (Å²) in [5.41, 5.74) is 2.65. The fraction of sp³-hybridized carbons (Fsp3) is 0.261. The topological polar surface area (TPSA) is 83.4 Å². The predicted octanol–water partition coefficient (Wildman–Crippen LogP) is 4.52. The van der Waals surface area contributed by atoms with Crippen LogP contribution < -0.4 is 15.0 Å². The number of carbonyl (C=O) groups is 2. The van der Waals surface area contributed by atoms with Crippen molar-refractivity contribution in [3.63, 3.8) is 0 Å². The number of aliphatic imine (C=N–C) groups is 2. The summed E-state index contributed by atoms with van der Waals surface area (Å²) >= 11 is 7.90. The number of nitrogens with one attached hydrogen (secondary N) is 1. The van der Waals surface area contributed by atoms with Gasteiger partial charge in [0.2, 0.25) is 5.91 Å². The smallest absolute Gasteiger partial charge is 0.269 e. The lowest BCUT2D eigenvalue weighted by molar-refractivity contribution is -0.116. The SMILES string of the molecule is CCOc1ccc(N2C(=S)SC3C(=O)N=C(SCC(=O)Nc4ccccc4CC)N=C32)cc1. The first kappa shape index (κ1) is 23.5. The van der Waals surface area contributed by atoms with Gasteiger partial charge in [-0.2, -0.15) is 4.99 Å². The van der Waals surface area contributed by atoms with Crippen molar-refractivity contribution in [3.05, 3.63) is 54.1 Å². The molecular weight excluding hydrogens is 476 g/mol. The van der Waals surface area contributed by atoms with Crippen molar-refractivity contribution >= 4 is 74.3 Å². The highest BCUT2D eigenvalue weighted by molar-refractivity contribution is 8.25. The van der Waals surface area contributed by atoms with Crippen LogP contribution in [0.2, 0.25) is 0 Å². The Labute approximate surface area is 206 Å². The number of rotatable bonds is 7. The standard InChI is InChI=1S/C23H22N4O3S3/c1-3-14-7-5-6-8-17(14)24-18(28)13-32-22-25-20-19(21(29)26-22)33-23(31)27(20)15-9-11-16(12-10-15)30-4-2/h5-12,19H,3-4,13H2,1-2H3,(H,24,28). The van der Waals surface area contributed by atoms with Gasteiger partial charge in [-0.15, -0.1) is 0 Å².